The molecule has 3 aliphatic carbocycles. The summed E-state index contributed by atoms with van der Waals surface area (Å²) in [5, 5.41) is 30.8. The summed E-state index contributed by atoms with van der Waals surface area (Å²) >= 11 is 0. The molecule has 0 spiro atoms. The van der Waals surface area contributed by atoms with E-state index in [0.717, 1.165) is 37.7 Å². The molecule has 128 valence electrons. The fourth-order valence-electron chi connectivity index (χ4n) is 6.38. The number of fused-ring (bicyclic) bond motifs is 5. The van der Waals surface area contributed by atoms with Gasteiger partial charge >= 0.3 is 0 Å². The van der Waals surface area contributed by atoms with E-state index in [1.807, 2.05) is 0 Å². The second-order valence-electron chi connectivity index (χ2n) is 8.65. The molecule has 3 nitrogen and oxygen atoms in total. The van der Waals surface area contributed by atoms with Crippen molar-refractivity contribution in [1.82, 2.24) is 0 Å². The van der Waals surface area contributed by atoms with Crippen LogP contribution in [0.4, 0.5) is 0 Å². The highest BCUT2D eigenvalue weighted by Crippen LogP contribution is 2.69. The van der Waals surface area contributed by atoms with Gasteiger partial charge in [0.25, 0.3) is 0 Å². The molecule has 0 amide bonds. The number of rotatable bonds is 0. The number of aromatic hydroxyl groups is 2. The van der Waals surface area contributed by atoms with Crippen LogP contribution in [0.15, 0.2) is 12.1 Å². The second-order valence-corrected chi connectivity index (χ2v) is 8.65. The van der Waals surface area contributed by atoms with Gasteiger partial charge in [0.2, 0.25) is 0 Å². The predicted octanol–water partition coefficient (Wildman–Crippen LogP) is 3.71. The topological polar surface area (TPSA) is 60.7 Å². The molecular formula is C21H26O3. The molecule has 1 aromatic rings. The van der Waals surface area contributed by atoms with Crippen LogP contribution < -0.4 is 0 Å². The van der Waals surface area contributed by atoms with Crippen molar-refractivity contribution in [1.29, 1.82) is 0 Å². The molecule has 3 heteroatoms. The van der Waals surface area contributed by atoms with Crippen molar-refractivity contribution in [2.75, 3.05) is 0 Å². The lowest BCUT2D eigenvalue weighted by atomic mass is 9.47. The standard InChI is InChI=1S/C21H26O3/c1-4-21(24)10-7-18-19(2)8-5-13-11-16(22)17(23)12-14(13)15(19)6-9-20(18,21)3/h1,11-12,15,18,22-24H,5-10H2,2-3H3/t15-,18+,19-,20+,21+/m1/s1. The number of hydrogen-bond acceptors (Lipinski definition) is 3. The number of phenols is 2. The van der Waals surface area contributed by atoms with E-state index in [4.69, 9.17) is 6.42 Å². The fraction of sp³-hybridized carbons (Fsp3) is 0.619. The van der Waals surface area contributed by atoms with Crippen LogP contribution in [0.3, 0.4) is 0 Å². The molecule has 0 aliphatic heterocycles. The van der Waals surface area contributed by atoms with Crippen molar-refractivity contribution in [3.63, 3.8) is 0 Å². The van der Waals surface area contributed by atoms with Gasteiger partial charge in [-0.15, -0.1) is 6.42 Å². The average molecular weight is 326 g/mol. The maximum atomic E-state index is 11.0. The van der Waals surface area contributed by atoms with Gasteiger partial charge in [-0.2, -0.15) is 0 Å². The van der Waals surface area contributed by atoms with Gasteiger partial charge in [-0.3, -0.25) is 0 Å². The molecule has 2 fully saturated rings. The van der Waals surface area contributed by atoms with E-state index in [0.29, 0.717) is 18.3 Å². The van der Waals surface area contributed by atoms with Crippen LogP contribution in [0.5, 0.6) is 11.5 Å². The average Bonchev–Trinajstić information content (AvgIpc) is 2.82. The first-order valence-electron chi connectivity index (χ1n) is 9.00. The van der Waals surface area contributed by atoms with E-state index < -0.39 is 5.60 Å². The van der Waals surface area contributed by atoms with Crippen LogP contribution in [-0.2, 0) is 6.42 Å². The lowest BCUT2D eigenvalue weighted by Crippen LogP contribution is -2.54. The summed E-state index contributed by atoms with van der Waals surface area (Å²) in [4.78, 5) is 0. The lowest BCUT2D eigenvalue weighted by Gasteiger charge is -2.58. The molecule has 0 saturated heterocycles. The van der Waals surface area contributed by atoms with Gasteiger partial charge in [0, 0.05) is 5.41 Å². The Balaban J connectivity index is 1.81. The fourth-order valence-corrected chi connectivity index (χ4v) is 6.38. The van der Waals surface area contributed by atoms with Gasteiger partial charge in [-0.1, -0.05) is 19.8 Å². The second kappa shape index (κ2) is 4.70. The zero-order valence-corrected chi connectivity index (χ0v) is 14.5. The van der Waals surface area contributed by atoms with Gasteiger partial charge in [0.05, 0.1) is 0 Å². The third-order valence-corrected chi connectivity index (χ3v) is 7.84. The molecule has 3 N–H and O–H groups in total. The zero-order chi connectivity index (χ0) is 17.3. The molecule has 4 rings (SSSR count). The minimum atomic E-state index is -0.997. The summed E-state index contributed by atoms with van der Waals surface area (Å²) in [6, 6.07) is 3.49. The Morgan fingerprint density at radius 3 is 2.50 bits per heavy atom. The minimum absolute atomic E-state index is 0.0272. The molecule has 0 unspecified atom stereocenters. The van der Waals surface area contributed by atoms with Gasteiger partial charge in [0.15, 0.2) is 11.5 Å². The van der Waals surface area contributed by atoms with Crippen molar-refractivity contribution in [3.8, 4) is 23.8 Å². The molecule has 0 bridgehead atoms. The number of aryl methyl sites for hydroxylation is 1. The molecule has 0 radical (unpaired) electrons. The van der Waals surface area contributed by atoms with E-state index in [1.54, 1.807) is 12.1 Å². The number of aliphatic hydroxyl groups is 1. The Bertz CT molecular complexity index is 748. The van der Waals surface area contributed by atoms with Gasteiger partial charge in [0.1, 0.15) is 5.60 Å². The first-order chi connectivity index (χ1) is 11.2. The van der Waals surface area contributed by atoms with Gasteiger partial charge < -0.3 is 15.3 Å². The summed E-state index contributed by atoms with van der Waals surface area (Å²) in [5.74, 6) is 3.39. The Morgan fingerprint density at radius 1 is 1.08 bits per heavy atom. The summed E-state index contributed by atoms with van der Waals surface area (Å²) in [6.45, 7) is 4.52. The van der Waals surface area contributed by atoms with E-state index in [1.165, 1.54) is 5.56 Å². The monoisotopic (exact) mass is 326 g/mol. The van der Waals surface area contributed by atoms with Crippen molar-refractivity contribution in [2.45, 2.75) is 63.9 Å². The summed E-state index contributed by atoms with van der Waals surface area (Å²) in [5.41, 5.74) is 1.18. The van der Waals surface area contributed by atoms with Crippen LogP contribution in [0.1, 0.15) is 63.0 Å². The number of benzene rings is 1. The molecule has 0 heterocycles. The van der Waals surface area contributed by atoms with E-state index in [2.05, 4.69) is 19.8 Å². The van der Waals surface area contributed by atoms with Gasteiger partial charge in [-0.05, 0) is 79.0 Å². The first kappa shape index (κ1) is 15.8. The molecule has 2 saturated carbocycles. The smallest absolute Gasteiger partial charge is 0.157 e. The number of hydrogen-bond donors (Lipinski definition) is 3. The normalized spacial score (nSPS) is 43.4. The molecular weight excluding hydrogens is 300 g/mol. The zero-order valence-electron chi connectivity index (χ0n) is 14.5. The maximum absolute atomic E-state index is 11.0. The third kappa shape index (κ3) is 1.73. The van der Waals surface area contributed by atoms with E-state index in [-0.39, 0.29) is 22.3 Å². The van der Waals surface area contributed by atoms with Crippen molar-refractivity contribution in [3.05, 3.63) is 23.3 Å². The Hall–Kier alpha value is -1.66. The Morgan fingerprint density at radius 2 is 1.79 bits per heavy atom. The minimum Gasteiger partial charge on any atom is -0.504 e. The lowest BCUT2D eigenvalue weighted by molar-refractivity contribution is -0.0967. The third-order valence-electron chi connectivity index (χ3n) is 7.84. The van der Waals surface area contributed by atoms with E-state index in [9.17, 15) is 15.3 Å². The highest BCUT2D eigenvalue weighted by Gasteiger charge is 2.65. The summed E-state index contributed by atoms with van der Waals surface area (Å²) in [6.07, 6.45) is 11.2. The number of phenolic OH excluding ortho intramolecular Hbond substituents is 2. The Labute approximate surface area is 143 Å². The molecule has 24 heavy (non-hydrogen) atoms. The van der Waals surface area contributed by atoms with Gasteiger partial charge in [-0.25, -0.2) is 0 Å². The van der Waals surface area contributed by atoms with Crippen LogP contribution in [0.2, 0.25) is 0 Å². The largest absolute Gasteiger partial charge is 0.504 e. The quantitative estimate of drug-likeness (QED) is 0.503. The Kier molecular flexibility index (Phi) is 3.10. The molecule has 0 aromatic heterocycles. The highest BCUT2D eigenvalue weighted by atomic mass is 16.3. The van der Waals surface area contributed by atoms with E-state index >= 15 is 0 Å². The first-order valence-corrected chi connectivity index (χ1v) is 9.00. The molecule has 5 atom stereocenters. The summed E-state index contributed by atoms with van der Waals surface area (Å²) in [7, 11) is 0. The van der Waals surface area contributed by atoms with Crippen LogP contribution in [0, 0.1) is 29.1 Å². The maximum Gasteiger partial charge on any atom is 0.157 e. The van der Waals surface area contributed by atoms with Crippen molar-refractivity contribution < 1.29 is 15.3 Å². The number of terminal acetylenes is 1. The van der Waals surface area contributed by atoms with Crippen LogP contribution in [-0.4, -0.2) is 20.9 Å². The predicted molar refractivity (Wildman–Crippen MR) is 92.8 cm³/mol. The van der Waals surface area contributed by atoms with Crippen molar-refractivity contribution in [2.24, 2.45) is 16.7 Å². The highest BCUT2D eigenvalue weighted by molar-refractivity contribution is 5.49. The molecule has 3 aliphatic rings. The van der Waals surface area contributed by atoms with Crippen LogP contribution >= 0.6 is 0 Å². The van der Waals surface area contributed by atoms with Crippen molar-refractivity contribution >= 4 is 0 Å². The summed E-state index contributed by atoms with van der Waals surface area (Å²) < 4.78 is 0. The SMILES string of the molecule is C#C[C@]1(O)CC[C@H]2[C@]3(C)CCc4cc(O)c(O)cc4[C@H]3CC[C@@]21C. The molecule has 1 aromatic carbocycles. The van der Waals surface area contributed by atoms with Crippen LogP contribution in [0.25, 0.3) is 0 Å².